The zero-order valence-electron chi connectivity index (χ0n) is 8.85. The van der Waals surface area contributed by atoms with Gasteiger partial charge in [-0.05, 0) is 19.4 Å². The Morgan fingerprint density at radius 3 is 2.33 bits per heavy atom. The summed E-state index contributed by atoms with van der Waals surface area (Å²) in [5, 5.41) is 0. The molecule has 2 N–H and O–H groups in total. The summed E-state index contributed by atoms with van der Waals surface area (Å²) in [5.41, 5.74) is 5.07. The highest BCUT2D eigenvalue weighted by molar-refractivity contribution is 4.67. The lowest BCUT2D eigenvalue weighted by molar-refractivity contribution is -0.223. The number of halogens is 3. The van der Waals surface area contributed by atoms with E-state index in [1.807, 2.05) is 6.92 Å². The molecule has 0 aromatic carbocycles. The van der Waals surface area contributed by atoms with E-state index in [2.05, 4.69) is 4.74 Å². The number of alkyl halides is 3. The van der Waals surface area contributed by atoms with Crippen molar-refractivity contribution in [3.63, 3.8) is 0 Å². The Balaban J connectivity index is 3.67. The topological polar surface area (TPSA) is 44.5 Å². The molecule has 6 heteroatoms. The first kappa shape index (κ1) is 14.7. The number of hydrogen-bond donors (Lipinski definition) is 1. The van der Waals surface area contributed by atoms with Crippen LogP contribution in [0.5, 0.6) is 0 Å². The van der Waals surface area contributed by atoms with Gasteiger partial charge in [-0.2, -0.15) is 13.2 Å². The van der Waals surface area contributed by atoms with Crippen molar-refractivity contribution in [1.82, 2.24) is 0 Å². The van der Waals surface area contributed by atoms with Crippen molar-refractivity contribution in [2.75, 3.05) is 26.4 Å². The molecule has 0 bridgehead atoms. The molecule has 0 radical (unpaired) electrons. The second kappa shape index (κ2) is 7.90. The molecule has 0 amide bonds. The van der Waals surface area contributed by atoms with E-state index in [4.69, 9.17) is 10.5 Å². The van der Waals surface area contributed by atoms with Crippen molar-refractivity contribution in [2.24, 2.45) is 5.73 Å². The van der Waals surface area contributed by atoms with Gasteiger partial charge in [0, 0.05) is 6.61 Å². The van der Waals surface area contributed by atoms with Crippen molar-refractivity contribution in [3.8, 4) is 0 Å². The van der Waals surface area contributed by atoms with Gasteiger partial charge >= 0.3 is 6.18 Å². The van der Waals surface area contributed by atoms with Gasteiger partial charge in [0.05, 0.1) is 13.2 Å². The van der Waals surface area contributed by atoms with Crippen LogP contribution in [0.4, 0.5) is 13.2 Å². The molecule has 0 aromatic rings. The van der Waals surface area contributed by atoms with E-state index in [0.29, 0.717) is 6.61 Å². The highest BCUT2D eigenvalue weighted by atomic mass is 19.4. The molecule has 15 heavy (non-hydrogen) atoms. The third-order valence-electron chi connectivity index (χ3n) is 1.69. The molecule has 0 saturated carbocycles. The Morgan fingerprint density at radius 2 is 1.87 bits per heavy atom. The largest absolute Gasteiger partial charge is 0.414 e. The smallest absolute Gasteiger partial charge is 0.379 e. The second-order valence-corrected chi connectivity index (χ2v) is 3.09. The molecule has 0 saturated heterocycles. The predicted molar refractivity (Wildman–Crippen MR) is 50.6 cm³/mol. The fourth-order valence-electron chi connectivity index (χ4n) is 0.989. The molecule has 0 aliphatic rings. The van der Waals surface area contributed by atoms with Gasteiger partial charge in [-0.3, -0.25) is 0 Å². The normalized spacial score (nSPS) is 14.2. The van der Waals surface area contributed by atoms with Crippen molar-refractivity contribution in [3.05, 3.63) is 0 Å². The zero-order chi connectivity index (χ0) is 11.7. The van der Waals surface area contributed by atoms with Gasteiger partial charge in [-0.1, -0.05) is 6.92 Å². The fourth-order valence-corrected chi connectivity index (χ4v) is 0.989. The van der Waals surface area contributed by atoms with Crippen molar-refractivity contribution >= 4 is 0 Å². The first-order valence-corrected chi connectivity index (χ1v) is 4.98. The van der Waals surface area contributed by atoms with Gasteiger partial charge in [-0.25, -0.2) is 0 Å². The van der Waals surface area contributed by atoms with Gasteiger partial charge in [-0.15, -0.1) is 0 Å². The van der Waals surface area contributed by atoms with E-state index in [0.717, 1.165) is 6.42 Å². The molecule has 92 valence electrons. The molecule has 0 heterocycles. The number of ether oxygens (including phenoxy) is 2. The van der Waals surface area contributed by atoms with E-state index in [1.54, 1.807) is 0 Å². The number of rotatable bonds is 8. The van der Waals surface area contributed by atoms with E-state index in [9.17, 15) is 13.2 Å². The van der Waals surface area contributed by atoms with Crippen LogP contribution < -0.4 is 5.73 Å². The fraction of sp³-hybridized carbons (Fsp3) is 1.00. The summed E-state index contributed by atoms with van der Waals surface area (Å²) >= 11 is 0. The summed E-state index contributed by atoms with van der Waals surface area (Å²) in [4.78, 5) is 0. The monoisotopic (exact) mass is 229 g/mol. The quantitative estimate of drug-likeness (QED) is 0.644. The maximum atomic E-state index is 12.3. The van der Waals surface area contributed by atoms with Crippen LogP contribution >= 0.6 is 0 Å². The Hall–Kier alpha value is -0.330. The number of hydrogen-bond acceptors (Lipinski definition) is 3. The van der Waals surface area contributed by atoms with Crippen LogP contribution in [0, 0.1) is 0 Å². The third-order valence-corrected chi connectivity index (χ3v) is 1.69. The highest BCUT2D eigenvalue weighted by Crippen LogP contribution is 2.24. The van der Waals surface area contributed by atoms with Crippen LogP contribution in [0.25, 0.3) is 0 Å². The SMILES string of the molecule is CCCOCCOC(CCN)C(F)(F)F. The molecule has 0 fully saturated rings. The van der Waals surface area contributed by atoms with E-state index < -0.39 is 12.3 Å². The lowest BCUT2D eigenvalue weighted by Crippen LogP contribution is -2.34. The van der Waals surface area contributed by atoms with Crippen molar-refractivity contribution < 1.29 is 22.6 Å². The van der Waals surface area contributed by atoms with E-state index >= 15 is 0 Å². The van der Waals surface area contributed by atoms with Crippen LogP contribution in [0.1, 0.15) is 19.8 Å². The lowest BCUT2D eigenvalue weighted by atomic mass is 10.2. The average Bonchev–Trinajstić information content (AvgIpc) is 2.14. The minimum absolute atomic E-state index is 0.0417. The van der Waals surface area contributed by atoms with Crippen molar-refractivity contribution in [2.45, 2.75) is 32.0 Å². The summed E-state index contributed by atoms with van der Waals surface area (Å²) in [5.74, 6) is 0. The Bertz CT molecular complexity index is 153. The standard InChI is InChI=1S/C9H18F3NO2/c1-2-5-14-6-7-15-8(3-4-13)9(10,11)12/h8H,2-7,13H2,1H3. The second-order valence-electron chi connectivity index (χ2n) is 3.09. The molecule has 0 aliphatic heterocycles. The molecule has 3 nitrogen and oxygen atoms in total. The van der Waals surface area contributed by atoms with Crippen LogP contribution in [0.3, 0.4) is 0 Å². The van der Waals surface area contributed by atoms with Crippen LogP contribution in [-0.4, -0.2) is 38.6 Å². The van der Waals surface area contributed by atoms with Crippen LogP contribution in [0.15, 0.2) is 0 Å². The molecule has 1 unspecified atom stereocenters. The van der Waals surface area contributed by atoms with Crippen LogP contribution in [-0.2, 0) is 9.47 Å². The lowest BCUT2D eigenvalue weighted by Gasteiger charge is -2.20. The predicted octanol–water partition coefficient (Wildman–Crippen LogP) is 1.71. The molecule has 0 spiro atoms. The Labute approximate surface area is 87.7 Å². The minimum atomic E-state index is -4.34. The molecule has 0 aliphatic carbocycles. The van der Waals surface area contributed by atoms with Gasteiger partial charge < -0.3 is 15.2 Å². The molecular weight excluding hydrogens is 211 g/mol. The van der Waals surface area contributed by atoms with Gasteiger partial charge in [0.25, 0.3) is 0 Å². The van der Waals surface area contributed by atoms with Gasteiger partial charge in [0.2, 0.25) is 0 Å². The summed E-state index contributed by atoms with van der Waals surface area (Å²) in [6.45, 7) is 2.56. The molecule has 1 atom stereocenters. The van der Waals surface area contributed by atoms with Crippen LogP contribution in [0.2, 0.25) is 0 Å². The first-order chi connectivity index (χ1) is 7.02. The summed E-state index contributed by atoms with van der Waals surface area (Å²) in [6, 6.07) is 0. The van der Waals surface area contributed by atoms with Gasteiger partial charge in [0.1, 0.15) is 0 Å². The molecular formula is C9H18F3NO2. The van der Waals surface area contributed by atoms with Gasteiger partial charge in [0.15, 0.2) is 6.10 Å². The molecule has 0 rings (SSSR count). The minimum Gasteiger partial charge on any atom is -0.379 e. The first-order valence-electron chi connectivity index (χ1n) is 4.98. The Morgan fingerprint density at radius 1 is 1.20 bits per heavy atom. The van der Waals surface area contributed by atoms with E-state index in [-0.39, 0.29) is 26.2 Å². The summed E-state index contributed by atoms with van der Waals surface area (Å²) in [7, 11) is 0. The summed E-state index contributed by atoms with van der Waals surface area (Å²) < 4.78 is 46.4. The number of nitrogens with two attached hydrogens (primary N) is 1. The average molecular weight is 229 g/mol. The maximum absolute atomic E-state index is 12.3. The third kappa shape index (κ3) is 7.58. The van der Waals surface area contributed by atoms with Crippen molar-refractivity contribution in [1.29, 1.82) is 0 Å². The summed E-state index contributed by atoms with van der Waals surface area (Å²) in [6.07, 6.45) is -5.49. The highest BCUT2D eigenvalue weighted by Gasteiger charge is 2.39. The van der Waals surface area contributed by atoms with E-state index in [1.165, 1.54) is 0 Å². The zero-order valence-corrected chi connectivity index (χ0v) is 8.85. The molecule has 0 aromatic heterocycles. The Kier molecular flexibility index (Phi) is 7.72. The maximum Gasteiger partial charge on any atom is 0.414 e.